The first-order valence-electron chi connectivity index (χ1n) is 11.4. The minimum atomic E-state index is -1.59. The minimum Gasteiger partial charge on any atom is -0.478 e. The Kier molecular flexibility index (Phi) is 6.60. The zero-order valence-electron chi connectivity index (χ0n) is 20.1. The highest BCUT2D eigenvalue weighted by molar-refractivity contribution is 5.85. The van der Waals surface area contributed by atoms with Gasteiger partial charge in [0, 0.05) is 43.0 Å². The van der Waals surface area contributed by atoms with Gasteiger partial charge in [-0.05, 0) is 67.7 Å². The number of rotatable bonds is 6. The summed E-state index contributed by atoms with van der Waals surface area (Å²) in [7, 11) is 1.83. The van der Waals surface area contributed by atoms with Crippen LogP contribution in [0.2, 0.25) is 0 Å². The number of carboxylic acid groups (broad SMARTS) is 1. The fourth-order valence-corrected chi connectivity index (χ4v) is 4.80. The second-order valence-corrected chi connectivity index (χ2v) is 9.73. The van der Waals surface area contributed by atoms with E-state index in [1.54, 1.807) is 15.8 Å². The van der Waals surface area contributed by atoms with Crippen LogP contribution in [0.15, 0.2) is 48.8 Å². The molecule has 4 rings (SSSR count). The molecule has 1 aliphatic rings. The summed E-state index contributed by atoms with van der Waals surface area (Å²) in [6, 6.07) is 6.94. The summed E-state index contributed by atoms with van der Waals surface area (Å²) in [5.41, 5.74) is 1.85. The van der Waals surface area contributed by atoms with Gasteiger partial charge in [-0.15, -0.1) is 0 Å². The molecule has 0 amide bonds. The van der Waals surface area contributed by atoms with Crippen molar-refractivity contribution in [3.05, 3.63) is 82.7 Å². The van der Waals surface area contributed by atoms with Crippen molar-refractivity contribution in [3.63, 3.8) is 0 Å². The van der Waals surface area contributed by atoms with Crippen LogP contribution in [0.5, 0.6) is 0 Å². The fourth-order valence-electron chi connectivity index (χ4n) is 4.80. The molecule has 1 N–H and O–H groups in total. The lowest BCUT2D eigenvalue weighted by molar-refractivity contribution is -0.131. The van der Waals surface area contributed by atoms with Crippen molar-refractivity contribution < 1.29 is 23.1 Å². The molecule has 0 aliphatic carbocycles. The minimum absolute atomic E-state index is 0.0117. The molecule has 0 fully saturated rings. The average molecular weight is 484 g/mol. The van der Waals surface area contributed by atoms with E-state index in [1.807, 2.05) is 38.4 Å². The Balaban J connectivity index is 1.86. The van der Waals surface area contributed by atoms with E-state index in [1.165, 1.54) is 13.8 Å². The second-order valence-electron chi connectivity index (χ2n) is 9.73. The average Bonchev–Trinajstić information content (AvgIpc) is 3.19. The van der Waals surface area contributed by atoms with Crippen LogP contribution >= 0.6 is 0 Å². The van der Waals surface area contributed by atoms with Crippen molar-refractivity contribution in [3.8, 4) is 11.1 Å². The number of hydrogen-bond donors (Lipinski definition) is 1. The number of benzene rings is 2. The van der Waals surface area contributed by atoms with Gasteiger partial charge in [0.1, 0.15) is 17.3 Å². The predicted octanol–water partition coefficient (Wildman–Crippen LogP) is 5.55. The Bertz CT molecular complexity index is 1270. The van der Waals surface area contributed by atoms with Gasteiger partial charge in [-0.2, -0.15) is 5.10 Å². The van der Waals surface area contributed by atoms with Crippen molar-refractivity contribution in [1.29, 1.82) is 0 Å². The number of aliphatic carboxylic acids is 1. The zero-order valence-corrected chi connectivity index (χ0v) is 20.1. The molecule has 0 saturated carbocycles. The number of halogens is 3. The maximum Gasteiger partial charge on any atom is 0.328 e. The van der Waals surface area contributed by atoms with Crippen LogP contribution in [0, 0.1) is 11.6 Å². The van der Waals surface area contributed by atoms with Gasteiger partial charge in [-0.3, -0.25) is 9.58 Å². The summed E-state index contributed by atoms with van der Waals surface area (Å²) < 4.78 is 47.4. The SMILES string of the molecule is CC1Cc2cc(-c3cnn(C)c3)ccc2[C@H](c2c(F)cc(/C=C/C(=O)O)cc2F)N1CC(C)(C)F. The van der Waals surface area contributed by atoms with Crippen molar-refractivity contribution in [2.45, 2.75) is 44.9 Å². The molecule has 2 atom stereocenters. The molecule has 1 aromatic heterocycles. The Labute approximate surface area is 202 Å². The number of aromatic nitrogens is 2. The first-order chi connectivity index (χ1) is 16.4. The third-order valence-electron chi connectivity index (χ3n) is 6.24. The van der Waals surface area contributed by atoms with Gasteiger partial charge < -0.3 is 5.11 Å². The molecule has 2 aromatic carbocycles. The Morgan fingerprint density at radius 2 is 1.89 bits per heavy atom. The maximum absolute atomic E-state index is 15.4. The van der Waals surface area contributed by atoms with Crippen LogP contribution < -0.4 is 0 Å². The summed E-state index contributed by atoms with van der Waals surface area (Å²) in [6.45, 7) is 4.81. The summed E-state index contributed by atoms with van der Waals surface area (Å²) in [6.07, 6.45) is 6.21. The van der Waals surface area contributed by atoms with Crippen LogP contribution in [0.1, 0.15) is 49.1 Å². The van der Waals surface area contributed by atoms with Gasteiger partial charge in [0.2, 0.25) is 0 Å². The molecule has 0 spiro atoms. The molecule has 8 heteroatoms. The number of carbonyl (C=O) groups is 1. The van der Waals surface area contributed by atoms with Gasteiger partial charge in [-0.1, -0.05) is 18.2 Å². The Hall–Kier alpha value is -3.39. The van der Waals surface area contributed by atoms with E-state index in [0.717, 1.165) is 41.0 Å². The third-order valence-corrected chi connectivity index (χ3v) is 6.24. The van der Waals surface area contributed by atoms with Crippen molar-refractivity contribution in [2.75, 3.05) is 6.54 Å². The summed E-state index contributed by atoms with van der Waals surface area (Å²) in [4.78, 5) is 12.6. The van der Waals surface area contributed by atoms with Gasteiger partial charge in [0.05, 0.1) is 12.2 Å². The number of aryl methyl sites for hydroxylation is 1. The largest absolute Gasteiger partial charge is 0.478 e. The van der Waals surface area contributed by atoms with Gasteiger partial charge in [-0.25, -0.2) is 18.0 Å². The normalized spacial score (nSPS) is 18.7. The van der Waals surface area contributed by atoms with Crippen LogP contribution in [0.25, 0.3) is 17.2 Å². The lowest BCUT2D eigenvalue weighted by Crippen LogP contribution is -2.48. The Morgan fingerprint density at radius 3 is 2.46 bits per heavy atom. The van der Waals surface area contributed by atoms with E-state index in [4.69, 9.17) is 5.11 Å². The molecular formula is C27H28F3N3O2. The highest BCUT2D eigenvalue weighted by Gasteiger charge is 2.39. The van der Waals surface area contributed by atoms with E-state index in [-0.39, 0.29) is 23.7 Å². The van der Waals surface area contributed by atoms with Crippen molar-refractivity contribution >= 4 is 12.0 Å². The van der Waals surface area contributed by atoms with Gasteiger partial charge in [0.25, 0.3) is 0 Å². The first-order valence-corrected chi connectivity index (χ1v) is 11.4. The van der Waals surface area contributed by atoms with E-state index in [9.17, 15) is 9.18 Å². The molecule has 0 saturated heterocycles. The topological polar surface area (TPSA) is 58.4 Å². The molecule has 2 heterocycles. The van der Waals surface area contributed by atoms with Crippen molar-refractivity contribution in [2.24, 2.45) is 7.05 Å². The molecule has 3 aromatic rings. The summed E-state index contributed by atoms with van der Waals surface area (Å²) >= 11 is 0. The third kappa shape index (κ3) is 5.32. The number of carboxylic acids is 1. The number of fused-ring (bicyclic) bond motifs is 1. The second kappa shape index (κ2) is 9.34. The molecule has 0 bridgehead atoms. The Morgan fingerprint density at radius 1 is 1.20 bits per heavy atom. The molecule has 35 heavy (non-hydrogen) atoms. The van der Waals surface area contributed by atoms with Crippen LogP contribution in [0.4, 0.5) is 13.2 Å². The van der Waals surface area contributed by atoms with Crippen molar-refractivity contribution in [1.82, 2.24) is 14.7 Å². The summed E-state index contributed by atoms with van der Waals surface area (Å²) in [5, 5.41) is 13.1. The first kappa shape index (κ1) is 24.7. The number of nitrogens with zero attached hydrogens (tertiary/aromatic N) is 3. The lowest BCUT2D eigenvalue weighted by atomic mass is 9.82. The van der Waals surface area contributed by atoms with E-state index in [2.05, 4.69) is 5.10 Å². The molecule has 0 radical (unpaired) electrons. The van der Waals surface area contributed by atoms with E-state index < -0.39 is 29.3 Å². The van der Waals surface area contributed by atoms with E-state index >= 15 is 8.78 Å². The predicted molar refractivity (Wildman–Crippen MR) is 129 cm³/mol. The maximum atomic E-state index is 15.4. The van der Waals surface area contributed by atoms with Gasteiger partial charge >= 0.3 is 5.97 Å². The monoisotopic (exact) mass is 483 g/mol. The summed E-state index contributed by atoms with van der Waals surface area (Å²) in [5.74, 6) is -2.83. The number of alkyl halides is 1. The molecule has 1 aliphatic heterocycles. The van der Waals surface area contributed by atoms with Crippen LogP contribution in [-0.2, 0) is 18.3 Å². The molecule has 1 unspecified atom stereocenters. The lowest BCUT2D eigenvalue weighted by Gasteiger charge is -2.44. The number of hydrogen-bond acceptors (Lipinski definition) is 3. The van der Waals surface area contributed by atoms with E-state index in [0.29, 0.717) is 12.0 Å². The standard InChI is InChI=1S/C27H28F3N3O2/c1-16-9-19-12-18(20-13-31-32(4)14-20)6-7-21(19)26(33(16)15-27(2,3)30)25-22(28)10-17(11-23(25)29)5-8-24(34)35/h5-8,10-14,16,26H,9,15H2,1-4H3,(H,34,35)/b8-5+/t16?,26-/m1/s1. The highest BCUT2D eigenvalue weighted by atomic mass is 19.1. The zero-order chi connectivity index (χ0) is 25.5. The highest BCUT2D eigenvalue weighted by Crippen LogP contribution is 2.42. The van der Waals surface area contributed by atoms with Gasteiger partial charge in [0.15, 0.2) is 0 Å². The smallest absolute Gasteiger partial charge is 0.328 e. The quantitative estimate of drug-likeness (QED) is 0.468. The fraction of sp³-hybridized carbons (Fsp3) is 0.333. The van der Waals surface area contributed by atoms with Crippen LogP contribution in [0.3, 0.4) is 0 Å². The molecular weight excluding hydrogens is 455 g/mol. The molecule has 5 nitrogen and oxygen atoms in total. The molecule has 184 valence electrons. The van der Waals surface area contributed by atoms with Crippen LogP contribution in [-0.4, -0.2) is 44.0 Å².